The highest BCUT2D eigenvalue weighted by molar-refractivity contribution is 7.99. The molecule has 0 aliphatic rings. The van der Waals surface area contributed by atoms with Gasteiger partial charge in [0.2, 0.25) is 11.7 Å². The van der Waals surface area contributed by atoms with E-state index in [1.165, 1.54) is 7.05 Å². The fourth-order valence-electron chi connectivity index (χ4n) is 2.84. The third-order valence-electron chi connectivity index (χ3n) is 4.24. The lowest BCUT2D eigenvalue weighted by Gasteiger charge is -2.19. The summed E-state index contributed by atoms with van der Waals surface area (Å²) < 4.78 is 39.3. The van der Waals surface area contributed by atoms with Crippen molar-refractivity contribution in [2.24, 2.45) is 7.05 Å². The first-order valence-corrected chi connectivity index (χ1v) is 9.81. The van der Waals surface area contributed by atoms with Gasteiger partial charge < -0.3 is 9.88 Å². The quantitative estimate of drug-likeness (QED) is 0.587. The molecule has 2 aromatic carbocycles. The van der Waals surface area contributed by atoms with Crippen molar-refractivity contribution in [2.75, 3.05) is 5.75 Å². The van der Waals surface area contributed by atoms with Crippen LogP contribution in [0.4, 0.5) is 13.2 Å². The molecule has 9 heteroatoms. The minimum Gasteiger partial charge on any atom is -0.348 e. The van der Waals surface area contributed by atoms with E-state index in [0.29, 0.717) is 6.42 Å². The molecule has 0 aliphatic carbocycles. The van der Waals surface area contributed by atoms with Crippen LogP contribution in [0.25, 0.3) is 0 Å². The van der Waals surface area contributed by atoms with Crippen LogP contribution in [0, 0.1) is 0 Å². The number of rotatable bonds is 7. The Kier molecular flexibility index (Phi) is 6.58. The van der Waals surface area contributed by atoms with Crippen molar-refractivity contribution in [3.05, 3.63) is 77.6 Å². The molecule has 0 fully saturated rings. The number of thioether (sulfide) groups is 1. The first-order valence-electron chi connectivity index (χ1n) is 8.82. The van der Waals surface area contributed by atoms with Crippen LogP contribution in [0.3, 0.4) is 0 Å². The van der Waals surface area contributed by atoms with Gasteiger partial charge in [-0.1, -0.05) is 72.4 Å². The Labute approximate surface area is 170 Å². The lowest BCUT2D eigenvalue weighted by molar-refractivity contribution is -0.147. The van der Waals surface area contributed by atoms with Crippen molar-refractivity contribution in [1.29, 1.82) is 0 Å². The second-order valence-electron chi connectivity index (χ2n) is 6.37. The maximum atomic E-state index is 12.8. The van der Waals surface area contributed by atoms with Crippen LogP contribution < -0.4 is 5.32 Å². The van der Waals surface area contributed by atoms with Gasteiger partial charge in [-0.3, -0.25) is 4.79 Å². The molecule has 1 atom stereocenters. The van der Waals surface area contributed by atoms with Crippen LogP contribution in [0.15, 0.2) is 65.8 Å². The zero-order chi connectivity index (χ0) is 20.9. The molecule has 1 aromatic heterocycles. The maximum absolute atomic E-state index is 12.8. The Bertz CT molecular complexity index is 945. The molecule has 152 valence electrons. The number of nitrogens with zero attached hydrogens (tertiary/aromatic N) is 3. The van der Waals surface area contributed by atoms with E-state index >= 15 is 0 Å². The van der Waals surface area contributed by atoms with Crippen molar-refractivity contribution in [2.45, 2.75) is 23.8 Å². The van der Waals surface area contributed by atoms with Gasteiger partial charge in [-0.15, -0.1) is 10.2 Å². The van der Waals surface area contributed by atoms with Crippen LogP contribution in [0.5, 0.6) is 0 Å². The van der Waals surface area contributed by atoms with Gasteiger partial charge in [0.15, 0.2) is 5.16 Å². The molecule has 0 radical (unpaired) electrons. The highest BCUT2D eigenvalue weighted by atomic mass is 32.2. The number of alkyl halides is 3. The number of carbonyl (C=O) groups excluding carboxylic acids is 1. The van der Waals surface area contributed by atoms with E-state index in [1.54, 1.807) is 0 Å². The van der Waals surface area contributed by atoms with Crippen molar-refractivity contribution in [3.63, 3.8) is 0 Å². The number of amides is 1. The molecule has 0 aliphatic heterocycles. The van der Waals surface area contributed by atoms with Crippen molar-refractivity contribution < 1.29 is 18.0 Å². The molecule has 0 bridgehead atoms. The second kappa shape index (κ2) is 9.13. The Balaban J connectivity index is 1.67. The van der Waals surface area contributed by atoms with Gasteiger partial charge in [-0.2, -0.15) is 13.2 Å². The Morgan fingerprint density at radius 2 is 1.69 bits per heavy atom. The highest BCUT2D eigenvalue weighted by Gasteiger charge is 2.37. The normalized spacial score (nSPS) is 12.6. The lowest BCUT2D eigenvalue weighted by Crippen LogP contribution is -2.31. The molecular weight excluding hydrogens is 401 g/mol. The summed E-state index contributed by atoms with van der Waals surface area (Å²) in [4.78, 5) is 12.5. The Morgan fingerprint density at radius 1 is 1.07 bits per heavy atom. The fourth-order valence-corrected chi connectivity index (χ4v) is 3.56. The average molecular weight is 420 g/mol. The predicted octanol–water partition coefficient (Wildman–Crippen LogP) is 4.03. The standard InChI is InChI=1S/C20H19F3N4OS/c1-27-18(20(21,22)23)25-26-19(27)29-13-17(28)24-16(15-10-6-3-7-11-15)12-14-8-4-2-5-9-14/h2-11,16H,12-13H2,1H3,(H,24,28). The van der Waals surface area contributed by atoms with Crippen LogP contribution in [0.2, 0.25) is 0 Å². The van der Waals surface area contributed by atoms with Gasteiger partial charge in [-0.05, 0) is 17.5 Å². The first kappa shape index (κ1) is 20.9. The lowest BCUT2D eigenvalue weighted by atomic mass is 9.99. The number of hydrogen-bond donors (Lipinski definition) is 1. The maximum Gasteiger partial charge on any atom is 0.451 e. The molecule has 0 saturated carbocycles. The Hall–Kier alpha value is -2.81. The van der Waals surface area contributed by atoms with Gasteiger partial charge in [0.1, 0.15) is 0 Å². The van der Waals surface area contributed by atoms with E-state index in [1.807, 2.05) is 60.7 Å². The van der Waals surface area contributed by atoms with E-state index in [9.17, 15) is 18.0 Å². The van der Waals surface area contributed by atoms with Gasteiger partial charge in [0, 0.05) is 7.05 Å². The number of nitrogens with one attached hydrogen (secondary N) is 1. The van der Waals surface area contributed by atoms with E-state index in [2.05, 4.69) is 15.5 Å². The molecule has 29 heavy (non-hydrogen) atoms. The average Bonchev–Trinajstić information content (AvgIpc) is 3.08. The number of hydrogen-bond acceptors (Lipinski definition) is 4. The minimum atomic E-state index is -4.59. The first-order chi connectivity index (χ1) is 13.8. The summed E-state index contributed by atoms with van der Waals surface area (Å²) in [5.74, 6) is -1.45. The molecule has 3 rings (SSSR count). The van der Waals surface area contributed by atoms with Crippen LogP contribution in [-0.4, -0.2) is 26.4 Å². The topological polar surface area (TPSA) is 59.8 Å². The zero-order valence-corrected chi connectivity index (χ0v) is 16.4. The molecule has 1 amide bonds. The monoisotopic (exact) mass is 420 g/mol. The summed E-state index contributed by atoms with van der Waals surface area (Å²) in [7, 11) is 1.23. The number of carbonyl (C=O) groups is 1. The van der Waals surface area contributed by atoms with Crippen LogP contribution in [-0.2, 0) is 24.4 Å². The molecule has 3 aromatic rings. The van der Waals surface area contributed by atoms with Gasteiger partial charge in [0.25, 0.3) is 0 Å². The number of benzene rings is 2. The van der Waals surface area contributed by atoms with Crippen molar-refractivity contribution in [3.8, 4) is 0 Å². The minimum absolute atomic E-state index is 0.0341. The SMILES string of the molecule is Cn1c(SCC(=O)NC(Cc2ccccc2)c2ccccc2)nnc1C(F)(F)F. The third kappa shape index (κ3) is 5.60. The Morgan fingerprint density at radius 3 is 2.28 bits per heavy atom. The van der Waals surface area contributed by atoms with E-state index < -0.39 is 12.0 Å². The van der Waals surface area contributed by atoms with Crippen molar-refractivity contribution >= 4 is 17.7 Å². The number of halogens is 3. The summed E-state index contributed by atoms with van der Waals surface area (Å²) in [6.07, 6.45) is -3.99. The molecule has 0 saturated heterocycles. The molecule has 0 spiro atoms. The molecule has 1 N–H and O–H groups in total. The zero-order valence-electron chi connectivity index (χ0n) is 15.6. The van der Waals surface area contributed by atoms with Gasteiger partial charge in [0.05, 0.1) is 11.8 Å². The highest BCUT2D eigenvalue weighted by Crippen LogP contribution is 2.29. The fraction of sp³-hybridized carbons (Fsp3) is 0.250. The predicted molar refractivity (Wildman–Crippen MR) is 104 cm³/mol. The van der Waals surface area contributed by atoms with E-state index in [-0.39, 0.29) is 22.9 Å². The smallest absolute Gasteiger partial charge is 0.348 e. The van der Waals surface area contributed by atoms with Gasteiger partial charge in [-0.25, -0.2) is 0 Å². The van der Waals surface area contributed by atoms with Gasteiger partial charge >= 0.3 is 6.18 Å². The summed E-state index contributed by atoms with van der Waals surface area (Å²) in [5, 5.41) is 9.70. The molecular formula is C20H19F3N4OS. The second-order valence-corrected chi connectivity index (χ2v) is 7.31. The third-order valence-corrected chi connectivity index (χ3v) is 5.26. The number of aromatic nitrogens is 3. The summed E-state index contributed by atoms with van der Waals surface area (Å²) >= 11 is 0.913. The van der Waals surface area contributed by atoms with Crippen molar-refractivity contribution in [1.82, 2.24) is 20.1 Å². The summed E-state index contributed by atoms with van der Waals surface area (Å²) in [5.41, 5.74) is 2.02. The summed E-state index contributed by atoms with van der Waals surface area (Å²) in [6.45, 7) is 0. The molecule has 1 heterocycles. The molecule has 1 unspecified atom stereocenters. The van der Waals surface area contributed by atoms with E-state index in [0.717, 1.165) is 27.5 Å². The molecule has 5 nitrogen and oxygen atoms in total. The van der Waals surface area contributed by atoms with Crippen LogP contribution in [0.1, 0.15) is 23.0 Å². The summed E-state index contributed by atoms with van der Waals surface area (Å²) in [6, 6.07) is 19.0. The van der Waals surface area contributed by atoms with Crippen LogP contribution >= 0.6 is 11.8 Å². The largest absolute Gasteiger partial charge is 0.451 e. The van der Waals surface area contributed by atoms with E-state index in [4.69, 9.17) is 0 Å².